The van der Waals surface area contributed by atoms with E-state index in [2.05, 4.69) is 149 Å². The third-order valence-corrected chi connectivity index (χ3v) is 9.19. The van der Waals surface area contributed by atoms with Gasteiger partial charge in [-0.2, -0.15) is 4.24 Å². The summed E-state index contributed by atoms with van der Waals surface area (Å²) in [5.41, 5.74) is 11.6. The van der Waals surface area contributed by atoms with Crippen molar-refractivity contribution in [2.75, 3.05) is 0 Å². The number of rotatable bonds is 2. The highest BCUT2D eigenvalue weighted by Crippen LogP contribution is 2.37. The molecule has 3 aliphatic rings. The second-order valence-electron chi connectivity index (χ2n) is 11.6. The lowest BCUT2D eigenvalue weighted by atomic mass is 9.97. The van der Waals surface area contributed by atoms with Crippen LogP contribution >= 0.6 is 0 Å². The van der Waals surface area contributed by atoms with Gasteiger partial charge in [-0.15, -0.1) is 0 Å². The molecule has 2 heteroatoms. The minimum Gasteiger partial charge on any atom is -0.313 e. The van der Waals surface area contributed by atoms with Crippen LogP contribution in [0.1, 0.15) is 23.2 Å². The molecule has 0 unspecified atom stereocenters. The molecule has 0 bridgehead atoms. The summed E-state index contributed by atoms with van der Waals surface area (Å²) in [6, 6.07) is 44.8. The van der Waals surface area contributed by atoms with E-state index < -0.39 is 0 Å². The van der Waals surface area contributed by atoms with E-state index in [1.54, 1.807) is 0 Å². The van der Waals surface area contributed by atoms with Gasteiger partial charge >= 0.3 is 0 Å². The molecule has 3 heterocycles. The van der Waals surface area contributed by atoms with Crippen LogP contribution in [0.2, 0.25) is 0 Å². The zero-order chi connectivity index (χ0) is 27.8. The summed E-state index contributed by atoms with van der Waals surface area (Å²) in [5.74, 6) is 0. The minimum atomic E-state index is 1.05. The molecule has 0 radical (unpaired) electrons. The van der Waals surface area contributed by atoms with Crippen molar-refractivity contribution in [3.05, 3.63) is 150 Å². The van der Waals surface area contributed by atoms with Crippen molar-refractivity contribution in [2.45, 2.75) is 19.8 Å². The SMILES string of the molecule is Cc1cccc2c3cc(-c4ccc5c(c4)c4c(n5-c5ccc6ccccc6c5)CCC=C4)ccc3[n+]=2c2ccccc12. The second-order valence-corrected chi connectivity index (χ2v) is 11.6. The highest BCUT2D eigenvalue weighted by atomic mass is 15.0. The number of hydrogen-bond donors (Lipinski definition) is 0. The normalized spacial score (nSPS) is 13.1. The summed E-state index contributed by atoms with van der Waals surface area (Å²) in [5, 5.41) is 7.73. The van der Waals surface area contributed by atoms with Gasteiger partial charge in [0.2, 0.25) is 16.4 Å². The van der Waals surface area contributed by atoms with Gasteiger partial charge in [-0.3, -0.25) is 0 Å². The Hall–Kier alpha value is -5.21. The van der Waals surface area contributed by atoms with E-state index in [0.717, 1.165) is 12.8 Å². The molecule has 0 spiro atoms. The van der Waals surface area contributed by atoms with E-state index in [1.807, 2.05) is 0 Å². The van der Waals surface area contributed by atoms with Gasteiger partial charge < -0.3 is 4.57 Å². The summed E-state index contributed by atoms with van der Waals surface area (Å²) < 4.78 is 4.89. The molecule has 5 aromatic carbocycles. The first-order valence-corrected chi connectivity index (χ1v) is 14.8. The third-order valence-electron chi connectivity index (χ3n) is 9.19. The van der Waals surface area contributed by atoms with Crippen LogP contribution in [0, 0.1) is 12.3 Å². The van der Waals surface area contributed by atoms with Crippen molar-refractivity contribution >= 4 is 49.6 Å². The number of benzene rings is 5. The fourth-order valence-corrected chi connectivity index (χ4v) is 7.12. The van der Waals surface area contributed by atoms with Crippen LogP contribution in [0.15, 0.2) is 127 Å². The first kappa shape index (κ1) is 23.5. The zero-order valence-electron chi connectivity index (χ0n) is 23.5. The van der Waals surface area contributed by atoms with Crippen molar-refractivity contribution in [3.63, 3.8) is 0 Å². The third kappa shape index (κ3) is 3.36. The summed E-state index contributed by atoms with van der Waals surface area (Å²) in [4.78, 5) is 0. The molecular weight excluding hydrogens is 508 g/mol. The van der Waals surface area contributed by atoms with E-state index in [-0.39, 0.29) is 0 Å². The van der Waals surface area contributed by atoms with Crippen molar-refractivity contribution in [2.24, 2.45) is 0 Å². The van der Waals surface area contributed by atoms with Crippen LogP contribution in [0.3, 0.4) is 0 Å². The number of hydrogen-bond acceptors (Lipinski definition) is 0. The molecule has 42 heavy (non-hydrogen) atoms. The smallest absolute Gasteiger partial charge is 0.225 e. The van der Waals surface area contributed by atoms with Crippen LogP contribution in [0.4, 0.5) is 0 Å². The van der Waals surface area contributed by atoms with Gasteiger partial charge in [0.05, 0.1) is 5.52 Å². The fraction of sp³-hybridized carbons (Fsp3) is 0.0750. The van der Waals surface area contributed by atoms with Crippen LogP contribution < -0.4 is 4.24 Å². The van der Waals surface area contributed by atoms with Crippen molar-refractivity contribution in [3.8, 4) is 16.8 Å². The Bertz CT molecular complexity index is 2480. The first-order valence-electron chi connectivity index (χ1n) is 14.8. The van der Waals surface area contributed by atoms with Gasteiger partial charge in [0.15, 0.2) is 0 Å². The van der Waals surface area contributed by atoms with Gasteiger partial charge in [-0.25, -0.2) is 0 Å². The number of aryl methyl sites for hydroxylation is 1. The Labute approximate surface area is 244 Å². The van der Waals surface area contributed by atoms with Crippen LogP contribution in [-0.2, 0) is 6.42 Å². The molecule has 1 aliphatic carbocycles. The quantitative estimate of drug-likeness (QED) is 0.195. The standard InChI is InChI=1S/C40H29N2/c1-26-9-8-16-38-35-25-30(19-22-40(35)42(38)36-14-6-4-12-32(26)36)29-18-21-39-34(24-29)33-13-5-7-15-37(33)41(39)31-20-17-27-10-2-3-11-28(27)23-31/h2-6,8-14,16-25H,7,15H2,1H3/q+1. The van der Waals surface area contributed by atoms with Crippen LogP contribution in [0.5, 0.6) is 0 Å². The van der Waals surface area contributed by atoms with Crippen molar-refractivity contribution in [1.82, 2.24) is 4.57 Å². The number of aromatic nitrogens is 2. The Morgan fingerprint density at radius 3 is 2.33 bits per heavy atom. The molecule has 0 N–H and O–H groups in total. The highest BCUT2D eigenvalue weighted by molar-refractivity contribution is 5.97. The molecule has 2 aliphatic heterocycles. The van der Waals surface area contributed by atoms with Gasteiger partial charge in [0, 0.05) is 45.9 Å². The Kier molecular flexibility index (Phi) is 4.97. The molecule has 0 amide bonds. The van der Waals surface area contributed by atoms with Gasteiger partial charge in [0.25, 0.3) is 0 Å². The lowest BCUT2D eigenvalue weighted by molar-refractivity contribution is -0.457. The van der Waals surface area contributed by atoms with E-state index in [0.29, 0.717) is 0 Å². The van der Waals surface area contributed by atoms with Gasteiger partial charge in [0.1, 0.15) is 5.39 Å². The summed E-state index contributed by atoms with van der Waals surface area (Å²) in [6.45, 7) is 2.19. The monoisotopic (exact) mass is 537 g/mol. The minimum absolute atomic E-state index is 1.05. The Morgan fingerprint density at radius 2 is 1.40 bits per heavy atom. The van der Waals surface area contributed by atoms with E-state index in [1.165, 1.54) is 82.5 Å². The number of para-hydroxylation sites is 1. The predicted molar refractivity (Wildman–Crippen MR) is 175 cm³/mol. The van der Waals surface area contributed by atoms with E-state index in [4.69, 9.17) is 0 Å². The van der Waals surface area contributed by atoms with Crippen molar-refractivity contribution < 1.29 is 4.24 Å². The average Bonchev–Trinajstić information content (AvgIpc) is 3.36. The molecule has 2 nitrogen and oxygen atoms in total. The zero-order valence-corrected chi connectivity index (χ0v) is 23.5. The molecule has 0 fully saturated rings. The molecule has 198 valence electrons. The lowest BCUT2D eigenvalue weighted by Gasteiger charge is -2.14. The number of nitrogens with zero attached hydrogens (tertiary/aromatic N) is 2. The summed E-state index contributed by atoms with van der Waals surface area (Å²) in [7, 11) is 0. The van der Waals surface area contributed by atoms with Crippen LogP contribution in [0.25, 0.3) is 66.4 Å². The van der Waals surface area contributed by atoms with Crippen LogP contribution in [-0.4, -0.2) is 4.57 Å². The lowest BCUT2D eigenvalue weighted by Crippen LogP contribution is -2.25. The fourth-order valence-electron chi connectivity index (χ4n) is 7.12. The highest BCUT2D eigenvalue weighted by Gasteiger charge is 2.22. The first-order chi connectivity index (χ1) is 20.7. The Morgan fingerprint density at radius 1 is 0.619 bits per heavy atom. The number of fused-ring (bicyclic) bond motifs is 9. The molecule has 0 atom stereocenters. The number of allylic oxidation sites excluding steroid dienone is 1. The summed E-state index contributed by atoms with van der Waals surface area (Å²) >= 11 is 0. The second kappa shape index (κ2) is 8.89. The molecular formula is C40H29N2+. The molecule has 0 saturated carbocycles. The average molecular weight is 538 g/mol. The molecule has 9 rings (SSSR count). The van der Waals surface area contributed by atoms with E-state index >= 15 is 0 Å². The maximum atomic E-state index is 2.49. The summed E-state index contributed by atoms with van der Waals surface area (Å²) in [6.07, 6.45) is 6.79. The maximum absolute atomic E-state index is 2.49. The molecule has 0 saturated heterocycles. The van der Waals surface area contributed by atoms with Gasteiger partial charge in [-0.1, -0.05) is 72.8 Å². The maximum Gasteiger partial charge on any atom is 0.225 e. The molecule has 1 aromatic heterocycles. The van der Waals surface area contributed by atoms with Crippen molar-refractivity contribution in [1.29, 1.82) is 0 Å². The van der Waals surface area contributed by atoms with E-state index in [9.17, 15) is 0 Å². The predicted octanol–water partition coefficient (Wildman–Crippen LogP) is 9.55. The van der Waals surface area contributed by atoms with Gasteiger partial charge in [-0.05, 0) is 89.7 Å². The molecule has 6 aromatic rings. The Balaban J connectivity index is 1.24. The largest absolute Gasteiger partial charge is 0.313 e. The topological polar surface area (TPSA) is 10.8 Å².